The van der Waals surface area contributed by atoms with Gasteiger partial charge in [-0.1, -0.05) is 113 Å². The number of unbranched alkanes of at least 4 members (excludes halogenated alkanes) is 6. The van der Waals surface area contributed by atoms with Crippen LogP contribution in [0.25, 0.3) is 55.0 Å². The summed E-state index contributed by atoms with van der Waals surface area (Å²) in [5.41, 5.74) is 6.91. The molecule has 0 saturated carbocycles. The van der Waals surface area contributed by atoms with E-state index >= 15 is 0 Å². The van der Waals surface area contributed by atoms with E-state index < -0.39 is 0 Å². The molecule has 6 rings (SSSR count). The fourth-order valence-corrected chi connectivity index (χ4v) is 6.29. The summed E-state index contributed by atoms with van der Waals surface area (Å²) in [5.74, 6) is 2.22. The highest BCUT2D eigenvalue weighted by atomic mass is 16.3. The molecular weight excluding hydrogens is 488 g/mol. The van der Waals surface area contributed by atoms with Crippen LogP contribution in [-0.2, 0) is 12.8 Å². The SMILES string of the molecule is CCCCCCc1oc2ccc3c(ccc4oc(CCCCCC)c(-c5ccccc5)c43)c2c1-c1ccccc1. The molecule has 0 aliphatic rings. The zero-order valence-corrected chi connectivity index (χ0v) is 24.0. The van der Waals surface area contributed by atoms with Crippen molar-refractivity contribution in [2.75, 3.05) is 0 Å². The smallest absolute Gasteiger partial charge is 0.135 e. The van der Waals surface area contributed by atoms with E-state index in [4.69, 9.17) is 8.83 Å². The average Bonchev–Trinajstić information content (AvgIpc) is 3.57. The van der Waals surface area contributed by atoms with Crippen LogP contribution in [0, 0.1) is 0 Å². The van der Waals surface area contributed by atoms with E-state index in [0.717, 1.165) is 48.4 Å². The van der Waals surface area contributed by atoms with Crippen LogP contribution in [-0.4, -0.2) is 0 Å². The number of furan rings is 2. The molecule has 0 bridgehead atoms. The van der Waals surface area contributed by atoms with Crippen LogP contribution in [0.1, 0.15) is 76.7 Å². The minimum atomic E-state index is 0.964. The van der Waals surface area contributed by atoms with Gasteiger partial charge in [0.25, 0.3) is 0 Å². The van der Waals surface area contributed by atoms with Gasteiger partial charge in [-0.2, -0.15) is 0 Å². The molecule has 0 radical (unpaired) electrons. The molecule has 0 unspecified atom stereocenters. The van der Waals surface area contributed by atoms with Crippen LogP contribution in [0.5, 0.6) is 0 Å². The third-order valence-corrected chi connectivity index (χ3v) is 8.29. The van der Waals surface area contributed by atoms with Crippen molar-refractivity contribution in [1.29, 1.82) is 0 Å². The first kappa shape index (κ1) is 26.4. The number of aryl methyl sites for hydroxylation is 2. The van der Waals surface area contributed by atoms with Crippen molar-refractivity contribution in [3.8, 4) is 22.3 Å². The lowest BCUT2D eigenvalue weighted by Crippen LogP contribution is -1.88. The highest BCUT2D eigenvalue weighted by Crippen LogP contribution is 2.45. The fourth-order valence-electron chi connectivity index (χ4n) is 6.29. The fraction of sp³-hybridized carbons (Fsp3) is 0.316. The second kappa shape index (κ2) is 12.2. The van der Waals surface area contributed by atoms with Crippen molar-refractivity contribution in [2.24, 2.45) is 0 Å². The van der Waals surface area contributed by atoms with Gasteiger partial charge < -0.3 is 8.83 Å². The molecule has 0 spiro atoms. The van der Waals surface area contributed by atoms with Gasteiger partial charge in [-0.3, -0.25) is 0 Å². The summed E-state index contributed by atoms with van der Waals surface area (Å²) in [5, 5.41) is 4.92. The van der Waals surface area contributed by atoms with Crippen LogP contribution < -0.4 is 0 Å². The van der Waals surface area contributed by atoms with Crippen molar-refractivity contribution in [1.82, 2.24) is 0 Å². The number of fused-ring (bicyclic) bond motifs is 5. The molecular formula is C38H40O2. The maximum atomic E-state index is 6.63. The van der Waals surface area contributed by atoms with Gasteiger partial charge in [0.05, 0.1) is 0 Å². The highest BCUT2D eigenvalue weighted by molar-refractivity contribution is 6.22. The maximum Gasteiger partial charge on any atom is 0.135 e. The summed E-state index contributed by atoms with van der Waals surface area (Å²) < 4.78 is 13.3. The van der Waals surface area contributed by atoms with Gasteiger partial charge in [0.1, 0.15) is 22.7 Å². The molecule has 6 aromatic rings. The van der Waals surface area contributed by atoms with Crippen molar-refractivity contribution in [2.45, 2.75) is 78.1 Å². The van der Waals surface area contributed by atoms with Crippen molar-refractivity contribution in [3.05, 3.63) is 96.4 Å². The molecule has 2 nitrogen and oxygen atoms in total. The van der Waals surface area contributed by atoms with E-state index in [1.54, 1.807) is 0 Å². The molecule has 0 N–H and O–H groups in total. The van der Waals surface area contributed by atoms with Crippen LogP contribution in [0.4, 0.5) is 0 Å². The minimum absolute atomic E-state index is 0.964. The van der Waals surface area contributed by atoms with Gasteiger partial charge >= 0.3 is 0 Å². The first-order chi connectivity index (χ1) is 19.8. The predicted octanol–water partition coefficient (Wildman–Crippen LogP) is 11.9. The number of rotatable bonds is 12. The standard InChI is InChI=1S/C38H40O2/c1-3-5-7-15-21-31-35(27-17-11-9-12-18-27)37-29-24-26-34-38(30(29)23-25-33(37)39-31)36(28-19-13-10-14-20-28)32(40-34)22-16-8-6-4-2/h9-14,17-20,23-26H,3-8,15-16,21-22H2,1-2H3. The van der Waals surface area contributed by atoms with E-state index in [1.807, 2.05) is 0 Å². The first-order valence-electron chi connectivity index (χ1n) is 15.3. The monoisotopic (exact) mass is 528 g/mol. The Kier molecular flexibility index (Phi) is 8.04. The van der Waals surface area contributed by atoms with Crippen LogP contribution >= 0.6 is 0 Å². The Morgan fingerprint density at radius 3 is 1.27 bits per heavy atom. The first-order valence-corrected chi connectivity index (χ1v) is 15.3. The van der Waals surface area contributed by atoms with Gasteiger partial charge in [-0.15, -0.1) is 0 Å². The van der Waals surface area contributed by atoms with Gasteiger partial charge in [0.2, 0.25) is 0 Å². The second-order valence-electron chi connectivity index (χ2n) is 11.1. The maximum absolute atomic E-state index is 6.63. The zero-order valence-electron chi connectivity index (χ0n) is 24.0. The van der Waals surface area contributed by atoms with Crippen LogP contribution in [0.15, 0.2) is 93.8 Å². The molecule has 0 fully saturated rings. The number of hydrogen-bond donors (Lipinski definition) is 0. The van der Waals surface area contributed by atoms with Crippen molar-refractivity contribution >= 4 is 32.7 Å². The van der Waals surface area contributed by atoms with E-state index in [9.17, 15) is 0 Å². The lowest BCUT2D eigenvalue weighted by atomic mass is 9.92. The van der Waals surface area contributed by atoms with E-state index in [1.165, 1.54) is 82.3 Å². The topological polar surface area (TPSA) is 26.3 Å². The van der Waals surface area contributed by atoms with Crippen LogP contribution in [0.3, 0.4) is 0 Å². The normalized spacial score (nSPS) is 11.8. The van der Waals surface area contributed by atoms with Gasteiger partial charge in [0, 0.05) is 34.7 Å². The quantitative estimate of drug-likeness (QED) is 0.148. The van der Waals surface area contributed by atoms with E-state index in [2.05, 4.69) is 98.8 Å². The van der Waals surface area contributed by atoms with Crippen molar-refractivity contribution in [3.63, 3.8) is 0 Å². The number of benzene rings is 4. The molecule has 2 aromatic heterocycles. The average molecular weight is 529 g/mol. The second-order valence-corrected chi connectivity index (χ2v) is 11.1. The molecule has 0 atom stereocenters. The minimum Gasteiger partial charge on any atom is -0.460 e. The van der Waals surface area contributed by atoms with E-state index in [0.29, 0.717) is 0 Å². The summed E-state index contributed by atoms with van der Waals surface area (Å²) in [7, 11) is 0. The summed E-state index contributed by atoms with van der Waals surface area (Å²) in [4.78, 5) is 0. The Balaban J connectivity index is 1.58. The Bertz CT molecular complexity index is 1570. The Labute approximate surface area is 238 Å². The Morgan fingerprint density at radius 1 is 0.450 bits per heavy atom. The number of hydrogen-bond acceptors (Lipinski definition) is 2. The predicted molar refractivity (Wildman–Crippen MR) is 170 cm³/mol. The van der Waals surface area contributed by atoms with E-state index in [-0.39, 0.29) is 0 Å². The van der Waals surface area contributed by atoms with Gasteiger partial charge in [0.15, 0.2) is 0 Å². The lowest BCUT2D eigenvalue weighted by molar-refractivity contribution is 0.528. The molecule has 0 aliphatic heterocycles. The molecule has 4 aromatic carbocycles. The third kappa shape index (κ3) is 5.08. The summed E-state index contributed by atoms with van der Waals surface area (Å²) in [6.45, 7) is 4.53. The summed E-state index contributed by atoms with van der Waals surface area (Å²) >= 11 is 0. The molecule has 0 saturated heterocycles. The molecule has 2 heterocycles. The molecule has 204 valence electrons. The Morgan fingerprint density at radius 2 is 0.875 bits per heavy atom. The summed E-state index contributed by atoms with van der Waals surface area (Å²) in [6, 6.07) is 30.5. The zero-order chi connectivity index (χ0) is 27.3. The van der Waals surface area contributed by atoms with Gasteiger partial charge in [-0.25, -0.2) is 0 Å². The molecule has 2 heteroatoms. The molecule has 0 aliphatic carbocycles. The molecule has 40 heavy (non-hydrogen) atoms. The Hall–Kier alpha value is -3.78. The highest BCUT2D eigenvalue weighted by Gasteiger charge is 2.22. The van der Waals surface area contributed by atoms with Crippen LogP contribution in [0.2, 0.25) is 0 Å². The molecule has 0 amide bonds. The van der Waals surface area contributed by atoms with Gasteiger partial charge in [-0.05, 0) is 59.0 Å². The van der Waals surface area contributed by atoms with Crippen molar-refractivity contribution < 1.29 is 8.83 Å². The largest absolute Gasteiger partial charge is 0.460 e. The summed E-state index contributed by atoms with van der Waals surface area (Å²) in [6.07, 6.45) is 11.7. The lowest BCUT2D eigenvalue weighted by Gasteiger charge is -2.08. The third-order valence-electron chi connectivity index (χ3n) is 8.29.